The number of halogens is 2. The third-order valence-corrected chi connectivity index (χ3v) is 2.55. The van der Waals surface area contributed by atoms with Gasteiger partial charge in [-0.05, 0) is 0 Å². The van der Waals surface area contributed by atoms with Crippen LogP contribution in [0, 0.1) is 0 Å². The van der Waals surface area contributed by atoms with Crippen LogP contribution in [0.3, 0.4) is 0 Å². The maximum absolute atomic E-state index is 4.81. The molecule has 0 aliphatic carbocycles. The van der Waals surface area contributed by atoms with Crippen LogP contribution in [0.2, 0.25) is 0 Å². The summed E-state index contributed by atoms with van der Waals surface area (Å²) in [4.78, 5) is 9.02. The number of hydrogen-bond acceptors (Lipinski definition) is 4. The molecule has 4 nitrogen and oxygen atoms in total. The molecule has 0 amide bonds. The molecule has 0 aromatic carbocycles. The molecule has 0 radical (unpaired) electrons. The van der Waals surface area contributed by atoms with Gasteiger partial charge in [0.1, 0.15) is 0 Å². The topological polar surface area (TPSA) is 13.0 Å². The van der Waals surface area contributed by atoms with E-state index in [1.807, 2.05) is 0 Å². The fourth-order valence-electron chi connectivity index (χ4n) is 1.73. The summed E-state index contributed by atoms with van der Waals surface area (Å²) in [5, 5.41) is 0. The number of hydrogen-bond donors (Lipinski definition) is 0. The van der Waals surface area contributed by atoms with Gasteiger partial charge in [0.25, 0.3) is 0 Å². The van der Waals surface area contributed by atoms with Crippen LogP contribution in [-0.4, -0.2) is 60.1 Å². The van der Waals surface area contributed by atoms with Crippen molar-refractivity contribution in [3.63, 3.8) is 0 Å². The Bertz CT molecular complexity index is 249. The van der Waals surface area contributed by atoms with Crippen LogP contribution in [-0.2, 0) is 15.9 Å². The van der Waals surface area contributed by atoms with Crippen LogP contribution in [0.25, 0.3) is 0 Å². The Kier molecular flexibility index (Phi) is 7.14. The van der Waals surface area contributed by atoms with Gasteiger partial charge in [0.2, 0.25) is 0 Å². The van der Waals surface area contributed by atoms with Crippen LogP contribution >= 0.6 is 19.1 Å². The molecule has 2 aliphatic heterocycles. The van der Waals surface area contributed by atoms with E-state index in [1.165, 1.54) is 0 Å². The summed E-state index contributed by atoms with van der Waals surface area (Å²) >= 11 is -0.106. The Hall–Kier alpha value is -0.0777. The average molecular weight is 372 g/mol. The van der Waals surface area contributed by atoms with Crippen molar-refractivity contribution in [2.45, 2.75) is 0 Å². The van der Waals surface area contributed by atoms with E-state index >= 15 is 0 Å². The summed E-state index contributed by atoms with van der Waals surface area (Å²) in [6.45, 7) is 4.23. The predicted octanol–water partition coefficient (Wildman–Crippen LogP) is 1.72. The minimum absolute atomic E-state index is 0.106. The summed E-state index contributed by atoms with van der Waals surface area (Å²) < 4.78 is 0. The summed E-state index contributed by atoms with van der Waals surface area (Å²) in [6, 6.07) is 0. The van der Waals surface area contributed by atoms with Crippen LogP contribution in [0.5, 0.6) is 0 Å². The molecule has 2 heterocycles. The van der Waals surface area contributed by atoms with E-state index in [4.69, 9.17) is 19.1 Å². The number of nitrogens with zero attached hydrogens (tertiary/aromatic N) is 4. The zero-order chi connectivity index (χ0) is 12.7. The second-order valence-electron chi connectivity index (χ2n) is 4.06. The monoisotopic (exact) mass is 370 g/mol. The van der Waals surface area contributed by atoms with Crippen LogP contribution in [0.4, 0.5) is 0 Å². The number of rotatable bonds is 3. The molecule has 0 aromatic rings. The molecule has 7 heteroatoms. The first-order valence-electron chi connectivity index (χ1n) is 5.23. The SMILES string of the molecule is CN1C=CN(CCN2C=CN(C)C2)C1.[Cl][Pd][Cl]. The van der Waals surface area contributed by atoms with E-state index in [-0.39, 0.29) is 15.9 Å². The van der Waals surface area contributed by atoms with E-state index in [0.29, 0.717) is 0 Å². The fraction of sp³-hybridized carbons (Fsp3) is 0.600. The van der Waals surface area contributed by atoms with Gasteiger partial charge in [0, 0.05) is 52.0 Å². The van der Waals surface area contributed by atoms with Gasteiger partial charge < -0.3 is 19.6 Å². The maximum atomic E-state index is 4.81. The van der Waals surface area contributed by atoms with Gasteiger partial charge in [-0.3, -0.25) is 0 Å². The molecule has 0 N–H and O–H groups in total. The van der Waals surface area contributed by atoms with Crippen molar-refractivity contribution in [2.75, 3.05) is 40.5 Å². The molecular weight excluding hydrogens is 353 g/mol. The van der Waals surface area contributed by atoms with Crippen molar-refractivity contribution in [2.24, 2.45) is 0 Å². The van der Waals surface area contributed by atoms with Gasteiger partial charge in [-0.15, -0.1) is 0 Å². The van der Waals surface area contributed by atoms with Gasteiger partial charge in [0.15, 0.2) is 0 Å². The van der Waals surface area contributed by atoms with Crippen molar-refractivity contribution >= 4 is 19.1 Å². The Morgan fingerprint density at radius 1 is 0.882 bits per heavy atom. The van der Waals surface area contributed by atoms with E-state index in [0.717, 1.165) is 26.4 Å². The molecule has 0 unspecified atom stereocenters. The first-order chi connectivity index (χ1) is 8.15. The molecule has 0 bridgehead atoms. The van der Waals surface area contributed by atoms with Crippen molar-refractivity contribution in [3.05, 3.63) is 24.8 Å². The quantitative estimate of drug-likeness (QED) is 0.700. The molecule has 0 aromatic heterocycles. The molecule has 2 rings (SSSR count). The second-order valence-corrected chi connectivity index (χ2v) is 6.42. The fourth-order valence-corrected chi connectivity index (χ4v) is 1.73. The summed E-state index contributed by atoms with van der Waals surface area (Å²) in [5.74, 6) is 0. The van der Waals surface area contributed by atoms with Gasteiger partial charge in [-0.2, -0.15) is 0 Å². The average Bonchev–Trinajstić information content (AvgIpc) is 2.86. The predicted molar refractivity (Wildman–Crippen MR) is 68.7 cm³/mol. The molecule has 17 heavy (non-hydrogen) atoms. The minimum atomic E-state index is -0.106. The molecule has 0 atom stereocenters. The summed E-state index contributed by atoms with van der Waals surface area (Å²) in [7, 11) is 13.8. The van der Waals surface area contributed by atoms with Crippen LogP contribution in [0.15, 0.2) is 24.8 Å². The first-order valence-corrected chi connectivity index (χ1v) is 9.23. The van der Waals surface area contributed by atoms with Crippen molar-refractivity contribution in [1.82, 2.24) is 19.6 Å². The molecule has 102 valence electrons. The van der Waals surface area contributed by atoms with E-state index in [9.17, 15) is 0 Å². The standard InChI is InChI=1S/C10H18N4.2ClH.Pd/c1-11-3-5-13(9-11)7-8-14-6-4-12(2)10-14;;;/h3-6H,7-10H2,1-2H3;2*1H;/q;;;+2/p-2. The molecule has 0 saturated carbocycles. The van der Waals surface area contributed by atoms with Crippen molar-refractivity contribution in [1.29, 1.82) is 0 Å². The van der Waals surface area contributed by atoms with Gasteiger partial charge in [-0.25, -0.2) is 0 Å². The molecule has 0 saturated heterocycles. The Morgan fingerprint density at radius 2 is 1.24 bits per heavy atom. The van der Waals surface area contributed by atoms with E-state index in [2.05, 4.69) is 58.5 Å². The normalized spacial score (nSPS) is 18.1. The van der Waals surface area contributed by atoms with E-state index in [1.54, 1.807) is 0 Å². The van der Waals surface area contributed by atoms with Crippen LogP contribution < -0.4 is 0 Å². The second kappa shape index (κ2) is 8.10. The first kappa shape index (κ1) is 15.0. The van der Waals surface area contributed by atoms with E-state index < -0.39 is 0 Å². The van der Waals surface area contributed by atoms with Gasteiger partial charge >= 0.3 is 35.0 Å². The van der Waals surface area contributed by atoms with Crippen LogP contribution in [0.1, 0.15) is 0 Å². The van der Waals surface area contributed by atoms with Gasteiger partial charge in [-0.1, -0.05) is 0 Å². The molecule has 2 aliphatic rings. The van der Waals surface area contributed by atoms with Crippen molar-refractivity contribution in [3.8, 4) is 0 Å². The summed E-state index contributed by atoms with van der Waals surface area (Å²) in [6.07, 6.45) is 8.55. The Morgan fingerprint density at radius 3 is 1.47 bits per heavy atom. The third kappa shape index (κ3) is 5.87. The van der Waals surface area contributed by atoms with Crippen molar-refractivity contribution < 1.29 is 15.9 Å². The molecule has 0 fully saturated rings. The molecular formula is C10H18Cl2N4Pd. The Balaban J connectivity index is 0.000000437. The summed E-state index contributed by atoms with van der Waals surface area (Å²) in [5.41, 5.74) is 0. The zero-order valence-electron chi connectivity index (χ0n) is 10.00. The zero-order valence-corrected chi connectivity index (χ0v) is 13.1. The Labute approximate surface area is 120 Å². The molecule has 0 spiro atoms. The third-order valence-electron chi connectivity index (χ3n) is 2.55. The van der Waals surface area contributed by atoms with Gasteiger partial charge in [0.05, 0.1) is 13.3 Å².